The third kappa shape index (κ3) is 4.17. The maximum atomic E-state index is 11.7. The lowest BCUT2D eigenvalue weighted by molar-refractivity contribution is -0.139. The van der Waals surface area contributed by atoms with Crippen molar-refractivity contribution in [1.82, 2.24) is 4.98 Å². The zero-order valence-corrected chi connectivity index (χ0v) is 12.4. The highest BCUT2D eigenvalue weighted by molar-refractivity contribution is 5.86. The van der Waals surface area contributed by atoms with Gasteiger partial charge >= 0.3 is 5.97 Å². The van der Waals surface area contributed by atoms with Gasteiger partial charge in [-0.2, -0.15) is 0 Å². The SMILES string of the molecule is O=C(/C=C\c1ccccc1)OCc1cnc(-c2ccccc2)o1. The first-order chi connectivity index (χ1) is 11.3. The van der Waals surface area contributed by atoms with Crippen LogP contribution in [0, 0.1) is 0 Å². The molecule has 4 heteroatoms. The summed E-state index contributed by atoms with van der Waals surface area (Å²) in [4.78, 5) is 15.9. The quantitative estimate of drug-likeness (QED) is 0.526. The highest BCUT2D eigenvalue weighted by Crippen LogP contribution is 2.18. The highest BCUT2D eigenvalue weighted by Gasteiger charge is 2.07. The van der Waals surface area contributed by atoms with E-state index in [2.05, 4.69) is 4.98 Å². The summed E-state index contributed by atoms with van der Waals surface area (Å²) in [5.74, 6) is 0.591. The second-order valence-electron chi connectivity index (χ2n) is 4.85. The normalized spacial score (nSPS) is 10.8. The van der Waals surface area contributed by atoms with Gasteiger partial charge < -0.3 is 9.15 Å². The zero-order valence-electron chi connectivity index (χ0n) is 12.4. The largest absolute Gasteiger partial charge is 0.454 e. The molecule has 23 heavy (non-hydrogen) atoms. The Bertz CT molecular complexity index is 792. The average molecular weight is 305 g/mol. The van der Waals surface area contributed by atoms with E-state index in [1.54, 1.807) is 12.3 Å². The molecule has 1 aromatic heterocycles. The molecule has 0 unspecified atom stereocenters. The van der Waals surface area contributed by atoms with Gasteiger partial charge in [-0.1, -0.05) is 48.5 Å². The molecule has 3 rings (SSSR count). The number of hydrogen-bond donors (Lipinski definition) is 0. The molecule has 0 N–H and O–H groups in total. The Morgan fingerprint density at radius 3 is 2.48 bits per heavy atom. The molecule has 2 aromatic carbocycles. The zero-order chi connectivity index (χ0) is 15.9. The van der Waals surface area contributed by atoms with Gasteiger partial charge in [-0.3, -0.25) is 0 Å². The van der Waals surface area contributed by atoms with Gasteiger partial charge in [0.2, 0.25) is 5.89 Å². The third-order valence-electron chi connectivity index (χ3n) is 3.14. The molecule has 0 aliphatic carbocycles. The van der Waals surface area contributed by atoms with Crippen molar-refractivity contribution in [2.45, 2.75) is 6.61 Å². The van der Waals surface area contributed by atoms with Crippen LogP contribution in [0.25, 0.3) is 17.5 Å². The monoisotopic (exact) mass is 305 g/mol. The second kappa shape index (κ2) is 7.22. The maximum Gasteiger partial charge on any atom is 0.331 e. The first kappa shape index (κ1) is 14.8. The van der Waals surface area contributed by atoms with Crippen LogP contribution in [0.3, 0.4) is 0 Å². The number of aromatic nitrogens is 1. The molecule has 0 radical (unpaired) electrons. The Balaban J connectivity index is 1.55. The Hall–Kier alpha value is -3.14. The number of benzene rings is 2. The molecule has 1 heterocycles. The lowest BCUT2D eigenvalue weighted by Crippen LogP contribution is -1.99. The lowest BCUT2D eigenvalue weighted by Gasteiger charge is -1.98. The Morgan fingerprint density at radius 2 is 1.74 bits per heavy atom. The van der Waals surface area contributed by atoms with Crippen LogP contribution in [-0.2, 0) is 16.1 Å². The van der Waals surface area contributed by atoms with Crippen molar-refractivity contribution in [1.29, 1.82) is 0 Å². The molecule has 0 aliphatic heterocycles. The maximum absolute atomic E-state index is 11.7. The smallest absolute Gasteiger partial charge is 0.331 e. The number of esters is 1. The first-order valence-electron chi connectivity index (χ1n) is 7.21. The summed E-state index contributed by atoms with van der Waals surface area (Å²) < 4.78 is 10.7. The third-order valence-corrected chi connectivity index (χ3v) is 3.14. The summed E-state index contributed by atoms with van der Waals surface area (Å²) in [7, 11) is 0. The summed E-state index contributed by atoms with van der Waals surface area (Å²) in [6, 6.07) is 19.1. The molecule has 0 saturated heterocycles. The van der Waals surface area contributed by atoms with E-state index in [1.165, 1.54) is 6.08 Å². The summed E-state index contributed by atoms with van der Waals surface area (Å²) in [5.41, 5.74) is 1.82. The minimum absolute atomic E-state index is 0.0534. The second-order valence-corrected chi connectivity index (χ2v) is 4.85. The van der Waals surface area contributed by atoms with E-state index in [0.29, 0.717) is 11.7 Å². The summed E-state index contributed by atoms with van der Waals surface area (Å²) in [6.45, 7) is 0.0534. The van der Waals surface area contributed by atoms with Gasteiger partial charge in [-0.25, -0.2) is 9.78 Å². The van der Waals surface area contributed by atoms with Gasteiger partial charge in [-0.15, -0.1) is 0 Å². The number of hydrogen-bond acceptors (Lipinski definition) is 4. The standard InChI is InChI=1S/C19H15NO3/c21-18(12-11-15-7-3-1-4-8-15)22-14-17-13-20-19(23-17)16-9-5-2-6-10-16/h1-13H,14H2/b12-11-. The van der Waals surface area contributed by atoms with Crippen LogP contribution < -0.4 is 0 Å². The van der Waals surface area contributed by atoms with Crippen molar-refractivity contribution < 1.29 is 13.9 Å². The molecule has 0 saturated carbocycles. The van der Waals surface area contributed by atoms with Gasteiger partial charge in [0.1, 0.15) is 0 Å². The van der Waals surface area contributed by atoms with Crippen LogP contribution in [0.5, 0.6) is 0 Å². The molecule has 4 nitrogen and oxygen atoms in total. The Kier molecular flexibility index (Phi) is 4.64. The van der Waals surface area contributed by atoms with Gasteiger partial charge in [0.15, 0.2) is 12.4 Å². The molecule has 114 valence electrons. The molecule has 0 atom stereocenters. The van der Waals surface area contributed by atoms with Crippen molar-refractivity contribution in [2.24, 2.45) is 0 Å². The number of rotatable bonds is 5. The predicted molar refractivity (Wildman–Crippen MR) is 87.2 cm³/mol. The summed E-state index contributed by atoms with van der Waals surface area (Å²) >= 11 is 0. The molecule has 3 aromatic rings. The highest BCUT2D eigenvalue weighted by atomic mass is 16.5. The number of oxazole rings is 1. The molecule has 0 fully saturated rings. The van der Waals surface area contributed by atoms with E-state index in [0.717, 1.165) is 11.1 Å². The van der Waals surface area contributed by atoms with Crippen LogP contribution in [0.1, 0.15) is 11.3 Å². The van der Waals surface area contributed by atoms with E-state index in [4.69, 9.17) is 9.15 Å². The van der Waals surface area contributed by atoms with Gasteiger partial charge in [0, 0.05) is 11.6 Å². The van der Waals surface area contributed by atoms with Crippen molar-refractivity contribution >= 4 is 12.0 Å². The molecular weight excluding hydrogens is 290 g/mol. The summed E-state index contributed by atoms with van der Waals surface area (Å²) in [6.07, 6.45) is 4.67. The lowest BCUT2D eigenvalue weighted by atomic mass is 10.2. The summed E-state index contributed by atoms with van der Waals surface area (Å²) in [5, 5.41) is 0. The van der Waals surface area contributed by atoms with E-state index in [1.807, 2.05) is 60.7 Å². The van der Waals surface area contributed by atoms with Crippen LogP contribution in [0.2, 0.25) is 0 Å². The number of carbonyl (C=O) groups excluding carboxylic acids is 1. The molecule has 0 amide bonds. The topological polar surface area (TPSA) is 52.3 Å². The van der Waals surface area contributed by atoms with Gasteiger partial charge in [0.25, 0.3) is 0 Å². The molecule has 0 aliphatic rings. The fourth-order valence-corrected chi connectivity index (χ4v) is 2.01. The van der Waals surface area contributed by atoms with E-state index >= 15 is 0 Å². The fourth-order valence-electron chi connectivity index (χ4n) is 2.01. The van der Waals surface area contributed by atoms with E-state index < -0.39 is 5.97 Å². The van der Waals surface area contributed by atoms with E-state index in [9.17, 15) is 4.79 Å². The van der Waals surface area contributed by atoms with Crippen LogP contribution >= 0.6 is 0 Å². The van der Waals surface area contributed by atoms with Crippen molar-refractivity contribution in [3.8, 4) is 11.5 Å². The Labute approximate surface area is 134 Å². The predicted octanol–water partition coefficient (Wildman–Crippen LogP) is 4.10. The molecule has 0 bridgehead atoms. The van der Waals surface area contributed by atoms with Crippen molar-refractivity contribution in [2.75, 3.05) is 0 Å². The first-order valence-corrected chi connectivity index (χ1v) is 7.21. The number of nitrogens with zero attached hydrogens (tertiary/aromatic N) is 1. The fraction of sp³-hybridized carbons (Fsp3) is 0.0526. The van der Waals surface area contributed by atoms with Gasteiger partial charge in [-0.05, 0) is 23.8 Å². The number of carbonyl (C=O) groups is 1. The average Bonchev–Trinajstić information content (AvgIpc) is 3.09. The molecule has 0 spiro atoms. The van der Waals surface area contributed by atoms with Crippen LogP contribution in [0.4, 0.5) is 0 Å². The molecular formula is C19H15NO3. The number of ether oxygens (including phenoxy) is 1. The Morgan fingerprint density at radius 1 is 1.04 bits per heavy atom. The van der Waals surface area contributed by atoms with Crippen molar-refractivity contribution in [3.05, 3.63) is 84.3 Å². The van der Waals surface area contributed by atoms with Gasteiger partial charge in [0.05, 0.1) is 6.20 Å². The minimum atomic E-state index is -0.425. The van der Waals surface area contributed by atoms with Crippen LogP contribution in [0.15, 0.2) is 77.4 Å². The minimum Gasteiger partial charge on any atom is -0.454 e. The van der Waals surface area contributed by atoms with Crippen molar-refractivity contribution in [3.63, 3.8) is 0 Å². The van der Waals surface area contributed by atoms with E-state index in [-0.39, 0.29) is 6.61 Å². The van der Waals surface area contributed by atoms with Crippen LogP contribution in [-0.4, -0.2) is 11.0 Å².